The first-order valence-corrected chi connectivity index (χ1v) is 7.74. The predicted octanol–water partition coefficient (Wildman–Crippen LogP) is 3.22. The normalized spacial score (nSPS) is 16.1. The average molecular weight is 462 g/mol. The first-order valence-electron chi connectivity index (χ1n) is 6.60. The molecule has 1 aliphatic rings. The first-order chi connectivity index (χ1) is 10.7. The smallest absolute Gasteiger partial charge is 0.226 e. The zero-order valence-corrected chi connectivity index (χ0v) is 16.9. The summed E-state index contributed by atoms with van der Waals surface area (Å²) in [6.07, 6.45) is 0. The van der Waals surface area contributed by atoms with Crippen molar-refractivity contribution in [1.82, 2.24) is 5.06 Å². The van der Waals surface area contributed by atoms with Gasteiger partial charge in [0.05, 0.1) is 15.1 Å². The van der Waals surface area contributed by atoms with Crippen LogP contribution in [0.15, 0.2) is 22.1 Å². The van der Waals surface area contributed by atoms with Gasteiger partial charge in [-0.2, -0.15) is 10.1 Å². The number of nitrogens with two attached hydrogens (primary N) is 2. The van der Waals surface area contributed by atoms with E-state index in [1.54, 1.807) is 13.8 Å². The quantitative estimate of drug-likeness (QED) is 0.518. The lowest BCUT2D eigenvalue weighted by atomic mass is 10.2. The number of hydrogen-bond donors (Lipinski definition) is 2. The molecule has 2 rings (SSSR count). The summed E-state index contributed by atoms with van der Waals surface area (Å²) in [5.41, 5.74) is 10.6. The van der Waals surface area contributed by atoms with E-state index < -0.39 is 5.66 Å². The molecule has 0 aromatic heterocycles. The Bertz CT molecular complexity index is 669. The van der Waals surface area contributed by atoms with Gasteiger partial charge in [-0.15, -0.1) is 17.0 Å². The predicted molar refractivity (Wildman–Crippen MR) is 102 cm³/mol. The number of aliphatic imine (C=N–C) groups is 2. The van der Waals surface area contributed by atoms with Crippen molar-refractivity contribution in [2.75, 3.05) is 13.2 Å². The third-order valence-corrected chi connectivity index (χ3v) is 3.88. The van der Waals surface area contributed by atoms with Gasteiger partial charge in [-0.3, -0.25) is 4.84 Å². The molecule has 0 unspecified atom stereocenters. The zero-order chi connectivity index (χ0) is 17.2. The lowest BCUT2D eigenvalue weighted by molar-refractivity contribution is -0.161. The van der Waals surface area contributed by atoms with Crippen LogP contribution in [0.25, 0.3) is 0 Å². The summed E-state index contributed by atoms with van der Waals surface area (Å²) in [6, 6.07) is 3.05. The van der Waals surface area contributed by atoms with Crippen LogP contribution in [0.4, 0.5) is 0 Å². The van der Waals surface area contributed by atoms with Crippen molar-refractivity contribution in [2.45, 2.75) is 19.5 Å². The van der Waals surface area contributed by atoms with E-state index in [9.17, 15) is 0 Å². The fourth-order valence-electron chi connectivity index (χ4n) is 1.91. The van der Waals surface area contributed by atoms with Crippen LogP contribution in [0.2, 0.25) is 15.1 Å². The molecule has 1 aliphatic heterocycles. The number of guanidine groups is 2. The molecule has 1 aromatic carbocycles. The van der Waals surface area contributed by atoms with Crippen LogP contribution in [-0.2, 0) is 4.84 Å². The third-order valence-electron chi connectivity index (χ3n) is 2.86. The zero-order valence-electron chi connectivity index (χ0n) is 12.9. The number of benzene rings is 1. The Kier molecular flexibility index (Phi) is 7.43. The van der Waals surface area contributed by atoms with Crippen molar-refractivity contribution in [1.29, 1.82) is 0 Å². The summed E-state index contributed by atoms with van der Waals surface area (Å²) in [5.74, 6) is 0.632. The highest BCUT2D eigenvalue weighted by Crippen LogP contribution is 2.33. The van der Waals surface area contributed by atoms with E-state index in [0.29, 0.717) is 20.8 Å². The van der Waals surface area contributed by atoms with E-state index in [1.807, 2.05) is 0 Å². The Morgan fingerprint density at radius 1 is 1.08 bits per heavy atom. The molecule has 1 aromatic rings. The minimum Gasteiger partial charge on any atom is -0.489 e. The minimum atomic E-state index is -0.767. The van der Waals surface area contributed by atoms with E-state index in [0.717, 1.165) is 0 Å². The van der Waals surface area contributed by atoms with Gasteiger partial charge in [0.25, 0.3) is 0 Å². The third kappa shape index (κ3) is 5.03. The molecule has 11 heteroatoms. The van der Waals surface area contributed by atoms with Gasteiger partial charge in [0.2, 0.25) is 11.9 Å². The molecule has 0 amide bonds. The summed E-state index contributed by atoms with van der Waals surface area (Å²) >= 11 is 17.8. The number of ether oxygens (including phenoxy) is 1. The van der Waals surface area contributed by atoms with Gasteiger partial charge in [0.1, 0.15) is 19.0 Å². The SMILES string of the molecule is Br.CC1(C)N=C(N)N=C(N)N1OCCOc1cc(Cl)c(Cl)cc1Cl. The Morgan fingerprint density at radius 2 is 1.71 bits per heavy atom. The monoisotopic (exact) mass is 459 g/mol. The molecular weight excluding hydrogens is 444 g/mol. The van der Waals surface area contributed by atoms with E-state index in [4.69, 9.17) is 55.8 Å². The van der Waals surface area contributed by atoms with Crippen LogP contribution in [0.1, 0.15) is 13.8 Å². The average Bonchev–Trinajstić information content (AvgIpc) is 2.41. The van der Waals surface area contributed by atoms with Crippen LogP contribution in [-0.4, -0.2) is 35.9 Å². The Balaban J connectivity index is 0.00000288. The minimum absolute atomic E-state index is 0. The van der Waals surface area contributed by atoms with E-state index in [2.05, 4.69) is 9.98 Å². The van der Waals surface area contributed by atoms with Crippen LogP contribution in [0.5, 0.6) is 5.75 Å². The van der Waals surface area contributed by atoms with Crippen LogP contribution >= 0.6 is 51.8 Å². The van der Waals surface area contributed by atoms with Crippen molar-refractivity contribution in [3.8, 4) is 5.75 Å². The Labute approximate surface area is 165 Å². The molecule has 7 nitrogen and oxygen atoms in total. The number of hydroxylamine groups is 2. The van der Waals surface area contributed by atoms with Gasteiger partial charge < -0.3 is 16.2 Å². The molecule has 24 heavy (non-hydrogen) atoms. The van der Waals surface area contributed by atoms with Crippen molar-refractivity contribution in [2.24, 2.45) is 21.5 Å². The Morgan fingerprint density at radius 3 is 2.33 bits per heavy atom. The molecule has 0 saturated carbocycles. The maximum absolute atomic E-state index is 6.02. The molecule has 1 heterocycles. The molecular formula is C13H17BrCl3N5O2. The van der Waals surface area contributed by atoms with Gasteiger partial charge in [-0.25, -0.2) is 4.99 Å². The van der Waals surface area contributed by atoms with Gasteiger partial charge in [-0.1, -0.05) is 34.8 Å². The highest BCUT2D eigenvalue weighted by atomic mass is 79.9. The van der Waals surface area contributed by atoms with Crippen molar-refractivity contribution >= 4 is 63.7 Å². The summed E-state index contributed by atoms with van der Waals surface area (Å²) in [4.78, 5) is 13.6. The molecule has 4 N–H and O–H groups in total. The second-order valence-corrected chi connectivity index (χ2v) is 6.33. The molecule has 134 valence electrons. The summed E-state index contributed by atoms with van der Waals surface area (Å²) < 4.78 is 5.52. The molecule has 0 aliphatic carbocycles. The second kappa shape index (κ2) is 8.44. The maximum atomic E-state index is 6.02. The van der Waals surface area contributed by atoms with Crippen molar-refractivity contribution < 1.29 is 9.57 Å². The van der Waals surface area contributed by atoms with Gasteiger partial charge in [-0.05, 0) is 19.9 Å². The largest absolute Gasteiger partial charge is 0.489 e. The van der Waals surface area contributed by atoms with Crippen LogP contribution in [0.3, 0.4) is 0 Å². The summed E-state index contributed by atoms with van der Waals surface area (Å²) in [6.45, 7) is 3.97. The lowest BCUT2D eigenvalue weighted by Gasteiger charge is -2.36. The van der Waals surface area contributed by atoms with Crippen LogP contribution in [0, 0.1) is 0 Å². The highest BCUT2D eigenvalue weighted by molar-refractivity contribution is 8.93. The molecule has 0 fully saturated rings. The number of rotatable bonds is 5. The van der Waals surface area contributed by atoms with Crippen molar-refractivity contribution in [3.05, 3.63) is 27.2 Å². The Hall–Kier alpha value is -0.930. The number of hydrogen-bond acceptors (Lipinski definition) is 7. The molecule has 0 spiro atoms. The van der Waals surface area contributed by atoms with E-state index in [-0.39, 0.29) is 42.1 Å². The fourth-order valence-corrected chi connectivity index (χ4v) is 2.50. The van der Waals surface area contributed by atoms with Crippen molar-refractivity contribution in [3.63, 3.8) is 0 Å². The van der Waals surface area contributed by atoms with Crippen LogP contribution < -0.4 is 16.2 Å². The van der Waals surface area contributed by atoms with Gasteiger partial charge in [0.15, 0.2) is 5.66 Å². The highest BCUT2D eigenvalue weighted by Gasteiger charge is 2.33. The summed E-state index contributed by atoms with van der Waals surface area (Å²) in [5, 5.41) is 2.43. The van der Waals surface area contributed by atoms with E-state index >= 15 is 0 Å². The number of nitrogens with zero attached hydrogens (tertiary/aromatic N) is 3. The topological polar surface area (TPSA) is 98.5 Å². The standard InChI is InChI=1S/C13H16Cl3N5O2.BrH/c1-13(2)20-11(17)19-12(18)21(13)23-4-3-22-10-6-8(15)7(14)5-9(10)16;/h5-6H,3-4H2,1-2H3,(H4,17,18,19,20);1H. The second-order valence-electron chi connectivity index (χ2n) is 5.11. The van der Waals surface area contributed by atoms with Gasteiger partial charge >= 0.3 is 0 Å². The van der Waals surface area contributed by atoms with E-state index in [1.165, 1.54) is 17.2 Å². The molecule has 0 radical (unpaired) electrons. The summed E-state index contributed by atoms with van der Waals surface area (Å²) in [7, 11) is 0. The maximum Gasteiger partial charge on any atom is 0.226 e. The molecule has 0 bridgehead atoms. The first kappa shape index (κ1) is 21.1. The fraction of sp³-hybridized carbons (Fsp3) is 0.385. The molecule has 0 saturated heterocycles. The lowest BCUT2D eigenvalue weighted by Crippen LogP contribution is -2.54. The van der Waals surface area contributed by atoms with Gasteiger partial charge in [0, 0.05) is 6.07 Å². The number of halogens is 4. The molecule has 0 atom stereocenters.